The molecule has 3 aromatic rings. The molecule has 0 saturated carbocycles. The third-order valence-corrected chi connectivity index (χ3v) is 6.02. The molecule has 0 radical (unpaired) electrons. The lowest BCUT2D eigenvalue weighted by Gasteiger charge is -2.15. The Labute approximate surface area is 198 Å². The molecule has 9 heteroatoms. The molecule has 8 nitrogen and oxygen atoms in total. The number of aromatic nitrogens is 3. The Bertz CT molecular complexity index is 1080. The van der Waals surface area contributed by atoms with E-state index in [9.17, 15) is 4.79 Å². The first-order valence-electron chi connectivity index (χ1n) is 10.9. The average molecular weight is 470 g/mol. The number of anilines is 1. The van der Waals surface area contributed by atoms with E-state index in [0.717, 1.165) is 22.6 Å². The van der Waals surface area contributed by atoms with Gasteiger partial charge in [-0.1, -0.05) is 37.7 Å². The number of rotatable bonds is 10. The van der Waals surface area contributed by atoms with Gasteiger partial charge in [0.1, 0.15) is 18.1 Å². The molecule has 1 atom stereocenters. The molecule has 0 saturated heterocycles. The summed E-state index contributed by atoms with van der Waals surface area (Å²) in [6.45, 7) is 10.8. The summed E-state index contributed by atoms with van der Waals surface area (Å²) in [6.07, 6.45) is 0. The van der Waals surface area contributed by atoms with Crippen molar-refractivity contribution in [1.82, 2.24) is 14.9 Å². The van der Waals surface area contributed by atoms with Gasteiger partial charge >= 0.3 is 0 Å². The van der Waals surface area contributed by atoms with Crippen molar-refractivity contribution < 1.29 is 14.3 Å². The highest BCUT2D eigenvalue weighted by molar-refractivity contribution is 8.00. The number of ether oxygens (including phenoxy) is 2. The Morgan fingerprint density at radius 1 is 1.12 bits per heavy atom. The van der Waals surface area contributed by atoms with E-state index in [1.807, 2.05) is 32.0 Å². The van der Waals surface area contributed by atoms with Crippen LogP contribution in [0.1, 0.15) is 50.6 Å². The highest BCUT2D eigenvalue weighted by Gasteiger charge is 2.20. The minimum atomic E-state index is -0.429. The van der Waals surface area contributed by atoms with Gasteiger partial charge in [-0.2, -0.15) is 0 Å². The molecule has 1 aromatic heterocycles. The maximum absolute atomic E-state index is 12.6. The second-order valence-electron chi connectivity index (χ2n) is 7.96. The first kappa shape index (κ1) is 24.4. The van der Waals surface area contributed by atoms with Gasteiger partial charge in [0.25, 0.3) is 0 Å². The number of carbonyl (C=O) groups excluding carboxylic acids is 1. The normalized spacial score (nSPS) is 11.9. The molecule has 0 aliphatic carbocycles. The number of amides is 1. The molecule has 33 heavy (non-hydrogen) atoms. The molecular weight excluding hydrogens is 438 g/mol. The van der Waals surface area contributed by atoms with Crippen LogP contribution in [0.5, 0.6) is 11.5 Å². The minimum Gasteiger partial charge on any atom is -0.494 e. The third kappa shape index (κ3) is 6.41. The van der Waals surface area contributed by atoms with E-state index in [1.54, 1.807) is 19.1 Å². The fourth-order valence-corrected chi connectivity index (χ4v) is 3.92. The number of hydrogen-bond donors (Lipinski definition) is 2. The molecule has 0 aliphatic rings. The van der Waals surface area contributed by atoms with Gasteiger partial charge in [0.05, 0.1) is 11.9 Å². The number of thioether (sulfide) groups is 1. The maximum Gasteiger partial charge on any atom is 0.237 e. The van der Waals surface area contributed by atoms with Crippen LogP contribution in [0.15, 0.2) is 47.6 Å². The Kier molecular flexibility index (Phi) is 8.21. The highest BCUT2D eigenvalue weighted by Crippen LogP contribution is 2.28. The van der Waals surface area contributed by atoms with Crippen LogP contribution < -0.4 is 20.6 Å². The van der Waals surface area contributed by atoms with Gasteiger partial charge < -0.3 is 20.6 Å². The van der Waals surface area contributed by atoms with Crippen molar-refractivity contribution in [3.05, 3.63) is 59.4 Å². The first-order valence-corrected chi connectivity index (χ1v) is 11.8. The summed E-state index contributed by atoms with van der Waals surface area (Å²) in [6, 6.07) is 13.4. The number of carbonyl (C=O) groups is 1. The van der Waals surface area contributed by atoms with Crippen LogP contribution in [-0.2, 0) is 11.4 Å². The zero-order valence-corrected chi connectivity index (χ0v) is 20.5. The second-order valence-corrected chi connectivity index (χ2v) is 9.27. The second kappa shape index (κ2) is 11.1. The number of benzene rings is 2. The summed E-state index contributed by atoms with van der Waals surface area (Å²) < 4.78 is 12.8. The molecule has 0 spiro atoms. The van der Waals surface area contributed by atoms with E-state index < -0.39 is 5.25 Å². The largest absolute Gasteiger partial charge is 0.494 e. The van der Waals surface area contributed by atoms with Gasteiger partial charge in [0.2, 0.25) is 11.1 Å². The molecule has 2 aromatic carbocycles. The van der Waals surface area contributed by atoms with Gasteiger partial charge in [-0.3, -0.25) is 4.79 Å². The van der Waals surface area contributed by atoms with Crippen LogP contribution in [0.3, 0.4) is 0 Å². The van der Waals surface area contributed by atoms with Crippen LogP contribution in [-0.4, -0.2) is 32.6 Å². The van der Waals surface area contributed by atoms with Crippen molar-refractivity contribution in [1.29, 1.82) is 0 Å². The van der Waals surface area contributed by atoms with E-state index in [1.165, 1.54) is 16.4 Å². The number of nitrogens with zero attached hydrogens (tertiary/aromatic N) is 3. The monoisotopic (exact) mass is 469 g/mol. The Morgan fingerprint density at radius 3 is 2.52 bits per heavy atom. The van der Waals surface area contributed by atoms with E-state index >= 15 is 0 Å². The van der Waals surface area contributed by atoms with Crippen molar-refractivity contribution in [2.24, 2.45) is 0 Å². The van der Waals surface area contributed by atoms with Gasteiger partial charge in [0, 0.05) is 5.69 Å². The average Bonchev–Trinajstić information content (AvgIpc) is 3.12. The Morgan fingerprint density at radius 2 is 1.85 bits per heavy atom. The van der Waals surface area contributed by atoms with E-state index in [-0.39, 0.29) is 12.5 Å². The standard InChI is InChI=1S/C24H31N5O3S/c1-6-31-19-10-8-18(9-11-19)26-23(30)17(5)33-24-28-27-22(29(24)25)14-32-21-13-16(4)7-12-20(21)15(2)3/h7-13,15,17H,6,14,25H2,1-5H3,(H,26,30). The fraction of sp³-hybridized carbons (Fsp3) is 0.375. The third-order valence-electron chi connectivity index (χ3n) is 4.97. The summed E-state index contributed by atoms with van der Waals surface area (Å²) in [7, 11) is 0. The van der Waals surface area contributed by atoms with Crippen LogP contribution >= 0.6 is 11.8 Å². The van der Waals surface area contributed by atoms with Crippen molar-refractivity contribution in [3.63, 3.8) is 0 Å². The first-order chi connectivity index (χ1) is 15.8. The van der Waals surface area contributed by atoms with Crippen LogP contribution in [0.25, 0.3) is 0 Å². The lowest BCUT2D eigenvalue weighted by Crippen LogP contribution is -2.24. The molecule has 1 heterocycles. The zero-order chi connectivity index (χ0) is 24.0. The van der Waals surface area contributed by atoms with Crippen LogP contribution in [0.4, 0.5) is 5.69 Å². The van der Waals surface area contributed by atoms with Gasteiger partial charge in [-0.15, -0.1) is 10.2 Å². The van der Waals surface area contributed by atoms with E-state index in [2.05, 4.69) is 41.5 Å². The molecule has 1 amide bonds. The Balaban J connectivity index is 1.60. The summed E-state index contributed by atoms with van der Waals surface area (Å²) >= 11 is 1.23. The van der Waals surface area contributed by atoms with Crippen molar-refractivity contribution in [2.45, 2.75) is 57.5 Å². The smallest absolute Gasteiger partial charge is 0.237 e. The van der Waals surface area contributed by atoms with E-state index in [4.69, 9.17) is 15.3 Å². The SMILES string of the molecule is CCOc1ccc(NC(=O)C(C)Sc2nnc(COc3cc(C)ccc3C(C)C)n2N)cc1. The minimum absolute atomic E-state index is 0.161. The quantitative estimate of drug-likeness (QED) is 0.332. The lowest BCUT2D eigenvalue weighted by atomic mass is 10.0. The predicted octanol–water partition coefficient (Wildman–Crippen LogP) is 4.52. The van der Waals surface area contributed by atoms with Crippen LogP contribution in [0.2, 0.25) is 0 Å². The Hall–Kier alpha value is -3.20. The molecule has 0 aliphatic heterocycles. The number of nitrogens with one attached hydrogen (secondary N) is 1. The molecule has 1 unspecified atom stereocenters. The molecule has 0 fully saturated rings. The fourth-order valence-electron chi connectivity index (χ4n) is 3.13. The number of hydrogen-bond acceptors (Lipinski definition) is 7. The maximum atomic E-state index is 12.6. The molecular formula is C24H31N5O3S. The summed E-state index contributed by atoms with van der Waals surface area (Å²) in [4.78, 5) is 12.6. The number of aryl methyl sites for hydroxylation is 1. The van der Waals surface area contributed by atoms with Crippen molar-refractivity contribution in [3.8, 4) is 11.5 Å². The molecule has 176 valence electrons. The molecule has 0 bridgehead atoms. The van der Waals surface area contributed by atoms with E-state index in [0.29, 0.717) is 29.2 Å². The summed E-state index contributed by atoms with van der Waals surface area (Å²) in [5.41, 5.74) is 2.93. The molecule has 3 rings (SSSR count). The van der Waals surface area contributed by atoms with Gasteiger partial charge in [0.15, 0.2) is 5.82 Å². The summed E-state index contributed by atoms with van der Waals surface area (Å²) in [5.74, 6) is 8.41. The molecule has 3 N–H and O–H groups in total. The topological polar surface area (TPSA) is 104 Å². The lowest BCUT2D eigenvalue weighted by molar-refractivity contribution is -0.115. The van der Waals surface area contributed by atoms with Crippen molar-refractivity contribution >= 4 is 23.4 Å². The number of nitrogens with two attached hydrogens (primary N) is 1. The number of nitrogen functional groups attached to an aromatic ring is 1. The van der Waals surface area contributed by atoms with Gasteiger partial charge in [-0.05, 0) is 68.1 Å². The van der Waals surface area contributed by atoms with Crippen molar-refractivity contribution in [2.75, 3.05) is 17.8 Å². The zero-order valence-electron chi connectivity index (χ0n) is 19.7. The van der Waals surface area contributed by atoms with Gasteiger partial charge in [-0.25, -0.2) is 4.68 Å². The summed E-state index contributed by atoms with van der Waals surface area (Å²) in [5, 5.41) is 11.2. The highest BCUT2D eigenvalue weighted by atomic mass is 32.2. The van der Waals surface area contributed by atoms with Crippen LogP contribution in [0, 0.1) is 6.92 Å². The predicted molar refractivity (Wildman–Crippen MR) is 131 cm³/mol.